The first-order valence-corrected chi connectivity index (χ1v) is 8.48. The lowest BCUT2D eigenvalue weighted by Crippen LogP contribution is -2.32. The van der Waals surface area contributed by atoms with E-state index in [9.17, 15) is 4.79 Å². The summed E-state index contributed by atoms with van der Waals surface area (Å²) >= 11 is 3.46. The Labute approximate surface area is 143 Å². The molecule has 0 fully saturated rings. The van der Waals surface area contributed by atoms with Crippen molar-refractivity contribution in [1.82, 2.24) is 10.3 Å². The summed E-state index contributed by atoms with van der Waals surface area (Å²) in [6, 6.07) is 13.9. The van der Waals surface area contributed by atoms with Gasteiger partial charge in [-0.2, -0.15) is 4.57 Å². The van der Waals surface area contributed by atoms with Gasteiger partial charge in [0.2, 0.25) is 0 Å². The van der Waals surface area contributed by atoms with Crippen LogP contribution in [0, 0.1) is 6.92 Å². The van der Waals surface area contributed by atoms with Gasteiger partial charge in [-0.15, -0.1) is 0 Å². The second-order valence-electron chi connectivity index (χ2n) is 5.51. The number of aryl methyl sites for hydroxylation is 1. The molecule has 118 valence electrons. The van der Waals surface area contributed by atoms with E-state index >= 15 is 0 Å². The van der Waals surface area contributed by atoms with E-state index in [1.807, 2.05) is 44.2 Å². The number of H-pyrrole nitrogens is 1. The fraction of sp³-hybridized carbons (Fsp3) is 0.222. The van der Waals surface area contributed by atoms with Crippen molar-refractivity contribution in [3.63, 3.8) is 0 Å². The average Bonchev–Trinajstić information content (AvgIpc) is 2.88. The number of halogens is 1. The van der Waals surface area contributed by atoms with Gasteiger partial charge in [0.05, 0.1) is 0 Å². The molecule has 1 amide bonds. The molecule has 0 bridgehead atoms. The van der Waals surface area contributed by atoms with E-state index in [1.54, 1.807) is 0 Å². The molecule has 2 N–H and O–H groups in total. The number of rotatable bonds is 4. The van der Waals surface area contributed by atoms with Crippen LogP contribution < -0.4 is 9.88 Å². The topological polar surface area (TPSA) is 48.8 Å². The SMILES string of the molecule is CCCNC(=O)c1ccc2c(c1)[nH]c(C)[n+]2-c1ccc(Br)cc1. The molecule has 0 aliphatic heterocycles. The van der Waals surface area contributed by atoms with Gasteiger partial charge in [-0.1, -0.05) is 22.9 Å². The number of carbonyl (C=O) groups is 1. The van der Waals surface area contributed by atoms with Crippen molar-refractivity contribution < 1.29 is 9.36 Å². The van der Waals surface area contributed by atoms with Crippen LogP contribution in [0.1, 0.15) is 29.5 Å². The van der Waals surface area contributed by atoms with Gasteiger partial charge < -0.3 is 5.32 Å². The minimum atomic E-state index is -0.0313. The summed E-state index contributed by atoms with van der Waals surface area (Å²) in [6.07, 6.45) is 0.930. The summed E-state index contributed by atoms with van der Waals surface area (Å²) < 4.78 is 3.20. The highest BCUT2D eigenvalue weighted by molar-refractivity contribution is 9.10. The van der Waals surface area contributed by atoms with Crippen LogP contribution in [0.15, 0.2) is 46.9 Å². The third-order valence-corrected chi connectivity index (χ3v) is 4.30. The Hall–Kier alpha value is -2.14. The van der Waals surface area contributed by atoms with Gasteiger partial charge >= 0.3 is 0 Å². The van der Waals surface area contributed by atoms with Crippen molar-refractivity contribution in [1.29, 1.82) is 0 Å². The molecular formula is C18H19BrN3O+. The van der Waals surface area contributed by atoms with Crippen LogP contribution in [0.5, 0.6) is 0 Å². The van der Waals surface area contributed by atoms with Gasteiger partial charge in [0, 0.05) is 29.6 Å². The number of imidazole rings is 1. The highest BCUT2D eigenvalue weighted by Crippen LogP contribution is 2.17. The number of aromatic amines is 1. The predicted molar refractivity (Wildman–Crippen MR) is 94.9 cm³/mol. The largest absolute Gasteiger partial charge is 0.352 e. The van der Waals surface area contributed by atoms with E-state index in [1.165, 1.54) is 0 Å². The summed E-state index contributed by atoms with van der Waals surface area (Å²) in [6.45, 7) is 4.76. The Kier molecular flexibility index (Phi) is 4.48. The zero-order valence-electron chi connectivity index (χ0n) is 13.2. The number of carbonyl (C=O) groups excluding carboxylic acids is 1. The maximum atomic E-state index is 12.1. The van der Waals surface area contributed by atoms with Gasteiger partial charge in [-0.3, -0.25) is 4.79 Å². The normalized spacial score (nSPS) is 10.9. The number of aromatic nitrogens is 2. The molecule has 4 nitrogen and oxygen atoms in total. The van der Waals surface area contributed by atoms with Crippen LogP contribution in [-0.2, 0) is 0 Å². The number of fused-ring (bicyclic) bond motifs is 1. The first kappa shape index (κ1) is 15.7. The average molecular weight is 373 g/mol. The number of hydrogen-bond donors (Lipinski definition) is 2. The summed E-state index contributed by atoms with van der Waals surface area (Å²) in [4.78, 5) is 15.5. The molecule has 3 rings (SSSR count). The van der Waals surface area contributed by atoms with Crippen molar-refractivity contribution in [2.75, 3.05) is 6.54 Å². The second kappa shape index (κ2) is 6.54. The molecule has 0 spiro atoms. The number of benzene rings is 2. The van der Waals surface area contributed by atoms with E-state index in [-0.39, 0.29) is 5.91 Å². The Balaban J connectivity index is 2.03. The highest BCUT2D eigenvalue weighted by atomic mass is 79.9. The molecule has 0 atom stereocenters. The first-order valence-electron chi connectivity index (χ1n) is 7.68. The lowest BCUT2D eigenvalue weighted by Gasteiger charge is -2.03. The number of amides is 1. The third-order valence-electron chi connectivity index (χ3n) is 3.77. The van der Waals surface area contributed by atoms with Crippen LogP contribution in [0.4, 0.5) is 0 Å². The fourth-order valence-corrected chi connectivity index (χ4v) is 2.93. The van der Waals surface area contributed by atoms with Gasteiger partial charge in [0.15, 0.2) is 11.0 Å². The van der Waals surface area contributed by atoms with Crippen LogP contribution in [0.25, 0.3) is 16.7 Å². The molecule has 1 aromatic heterocycles. The van der Waals surface area contributed by atoms with Gasteiger partial charge in [-0.05, 0) is 42.8 Å². The van der Waals surface area contributed by atoms with E-state index < -0.39 is 0 Å². The van der Waals surface area contributed by atoms with Gasteiger partial charge in [0.25, 0.3) is 11.7 Å². The van der Waals surface area contributed by atoms with E-state index in [4.69, 9.17) is 0 Å². The standard InChI is InChI=1S/C18H18BrN3O/c1-3-10-20-18(23)13-4-9-17-16(11-13)21-12(2)22(17)15-7-5-14(19)6-8-15/h4-9,11H,3,10H2,1-2H3,(H,20,23)/p+1. The molecule has 0 unspecified atom stereocenters. The molecule has 5 heteroatoms. The zero-order valence-corrected chi connectivity index (χ0v) is 14.8. The highest BCUT2D eigenvalue weighted by Gasteiger charge is 2.18. The molecule has 0 radical (unpaired) electrons. The molecule has 23 heavy (non-hydrogen) atoms. The fourth-order valence-electron chi connectivity index (χ4n) is 2.67. The molecular weight excluding hydrogens is 354 g/mol. The number of nitrogens with zero attached hydrogens (tertiary/aromatic N) is 1. The van der Waals surface area contributed by atoms with E-state index in [0.717, 1.165) is 33.4 Å². The number of nitrogens with one attached hydrogen (secondary N) is 2. The van der Waals surface area contributed by atoms with Crippen molar-refractivity contribution in [3.8, 4) is 5.69 Å². The maximum absolute atomic E-state index is 12.1. The second-order valence-corrected chi connectivity index (χ2v) is 6.43. The molecule has 3 aromatic rings. The molecule has 0 saturated heterocycles. The Morgan fingerprint density at radius 2 is 1.96 bits per heavy atom. The zero-order chi connectivity index (χ0) is 16.4. The van der Waals surface area contributed by atoms with Crippen molar-refractivity contribution in [3.05, 3.63) is 58.3 Å². The van der Waals surface area contributed by atoms with Crippen LogP contribution in [-0.4, -0.2) is 17.4 Å². The summed E-state index contributed by atoms with van der Waals surface area (Å²) in [5, 5.41) is 2.91. The summed E-state index contributed by atoms with van der Waals surface area (Å²) in [5.74, 6) is 0.990. The molecule has 1 heterocycles. The lowest BCUT2D eigenvalue weighted by molar-refractivity contribution is -0.574. The predicted octanol–water partition coefficient (Wildman–Crippen LogP) is 3.66. The lowest BCUT2D eigenvalue weighted by atomic mass is 10.2. The number of hydrogen-bond acceptors (Lipinski definition) is 1. The Morgan fingerprint density at radius 1 is 1.22 bits per heavy atom. The third kappa shape index (κ3) is 3.15. The van der Waals surface area contributed by atoms with Gasteiger partial charge in [0.1, 0.15) is 5.69 Å². The van der Waals surface area contributed by atoms with Crippen molar-refractivity contribution in [2.45, 2.75) is 20.3 Å². The molecule has 0 aliphatic carbocycles. The molecule has 2 aromatic carbocycles. The van der Waals surface area contributed by atoms with Crippen LogP contribution in [0.2, 0.25) is 0 Å². The van der Waals surface area contributed by atoms with Crippen LogP contribution in [0.3, 0.4) is 0 Å². The summed E-state index contributed by atoms with van der Waals surface area (Å²) in [7, 11) is 0. The minimum Gasteiger partial charge on any atom is -0.352 e. The van der Waals surface area contributed by atoms with Gasteiger partial charge in [-0.25, -0.2) is 4.98 Å². The van der Waals surface area contributed by atoms with E-state index in [2.05, 4.69) is 42.9 Å². The van der Waals surface area contributed by atoms with Crippen molar-refractivity contribution >= 4 is 32.9 Å². The first-order chi connectivity index (χ1) is 11.1. The monoisotopic (exact) mass is 372 g/mol. The molecule has 0 saturated carbocycles. The smallest absolute Gasteiger partial charge is 0.257 e. The maximum Gasteiger partial charge on any atom is 0.257 e. The Bertz CT molecular complexity index is 853. The molecule has 0 aliphatic rings. The van der Waals surface area contributed by atoms with Crippen LogP contribution >= 0.6 is 15.9 Å². The quantitative estimate of drug-likeness (QED) is 0.674. The summed E-state index contributed by atoms with van der Waals surface area (Å²) in [5.41, 5.74) is 3.77. The minimum absolute atomic E-state index is 0.0313. The van der Waals surface area contributed by atoms with Crippen molar-refractivity contribution in [2.24, 2.45) is 0 Å². The Morgan fingerprint density at radius 3 is 2.65 bits per heavy atom. The van der Waals surface area contributed by atoms with E-state index in [0.29, 0.717) is 12.1 Å².